The predicted molar refractivity (Wildman–Crippen MR) is 124 cm³/mol. The lowest BCUT2D eigenvalue weighted by Gasteiger charge is -2.22. The van der Waals surface area contributed by atoms with Gasteiger partial charge in [-0.2, -0.15) is 0 Å². The first-order valence-electron chi connectivity index (χ1n) is 11.1. The van der Waals surface area contributed by atoms with Crippen molar-refractivity contribution in [1.29, 1.82) is 0 Å². The van der Waals surface area contributed by atoms with Gasteiger partial charge in [0.1, 0.15) is 30.7 Å². The number of aliphatic hydroxyl groups is 2. The number of phenols is 1. The molecule has 0 aliphatic heterocycles. The number of aliphatic hydroxyl groups excluding tert-OH is 2. The molecule has 2 aliphatic carbocycles. The number of benzene rings is 1. The van der Waals surface area contributed by atoms with E-state index in [-0.39, 0.29) is 28.2 Å². The Morgan fingerprint density at radius 1 is 0.969 bits per heavy atom. The highest BCUT2D eigenvalue weighted by Crippen LogP contribution is 2.40. The zero-order chi connectivity index (χ0) is 23.6. The van der Waals surface area contributed by atoms with Gasteiger partial charge in [-0.3, -0.25) is 9.59 Å². The second kappa shape index (κ2) is 9.53. The van der Waals surface area contributed by atoms with Crippen molar-refractivity contribution in [2.24, 2.45) is 0 Å². The van der Waals surface area contributed by atoms with Crippen LogP contribution in [0.25, 0.3) is 0 Å². The van der Waals surface area contributed by atoms with Crippen molar-refractivity contribution in [1.82, 2.24) is 0 Å². The molecule has 0 amide bonds. The molecule has 0 bridgehead atoms. The van der Waals surface area contributed by atoms with Gasteiger partial charge >= 0.3 is 0 Å². The first-order chi connectivity index (χ1) is 15.3. The minimum absolute atomic E-state index is 0.0942. The minimum Gasteiger partial charge on any atom is -0.508 e. The largest absolute Gasteiger partial charge is 0.508 e. The van der Waals surface area contributed by atoms with Crippen molar-refractivity contribution in [2.75, 3.05) is 31.1 Å². The van der Waals surface area contributed by atoms with Crippen molar-refractivity contribution in [3.8, 4) is 5.75 Å². The number of hydrogen-bond acceptors (Lipinski definition) is 6. The molecule has 0 aromatic heterocycles. The number of ketones is 2. The molecule has 2 unspecified atom stereocenters. The number of aromatic hydroxyl groups is 1. The van der Waals surface area contributed by atoms with Gasteiger partial charge in [-0.05, 0) is 39.8 Å². The van der Waals surface area contributed by atoms with Gasteiger partial charge in [-0.1, -0.05) is 6.07 Å². The fourth-order valence-corrected chi connectivity index (χ4v) is 4.39. The van der Waals surface area contributed by atoms with E-state index < -0.39 is 23.6 Å². The first kappa shape index (κ1) is 23.5. The summed E-state index contributed by atoms with van der Waals surface area (Å²) in [4.78, 5) is 28.1. The van der Waals surface area contributed by atoms with Crippen LogP contribution in [-0.2, 0) is 9.59 Å². The molecule has 2 aliphatic rings. The Balaban J connectivity index is 2.03. The smallest absolute Gasteiger partial charge is 0.203 e. The normalized spacial score (nSPS) is 23.0. The van der Waals surface area contributed by atoms with Gasteiger partial charge in [-0.15, -0.1) is 0 Å². The third kappa shape index (κ3) is 4.00. The number of hydrogen-bond donors (Lipinski definition) is 3. The molecular formula is C25H31N2O5+. The van der Waals surface area contributed by atoms with E-state index in [0.29, 0.717) is 0 Å². The standard InChI is InChI=1S/C25H30N2O5/c1-5-26(6-2)15-9-11-17(19(28)13-15)21-23(30)22(25(32)24(21)31)18-12-10-16(14-20(18)29)27(7-3)8-4/h9-14,21,24,28,31H,5-8H2,1-4H3/p+1. The van der Waals surface area contributed by atoms with Crippen molar-refractivity contribution < 1.29 is 29.5 Å². The Labute approximate surface area is 188 Å². The Morgan fingerprint density at radius 2 is 1.62 bits per heavy atom. The molecule has 32 heavy (non-hydrogen) atoms. The summed E-state index contributed by atoms with van der Waals surface area (Å²) in [6.07, 6.45) is 3.18. The molecule has 0 radical (unpaired) electrons. The Morgan fingerprint density at radius 3 is 2.16 bits per heavy atom. The van der Waals surface area contributed by atoms with E-state index in [0.717, 1.165) is 37.6 Å². The molecule has 3 rings (SSSR count). The van der Waals surface area contributed by atoms with Gasteiger partial charge in [0, 0.05) is 42.1 Å². The van der Waals surface area contributed by atoms with E-state index in [1.807, 2.05) is 37.2 Å². The summed E-state index contributed by atoms with van der Waals surface area (Å²) < 4.78 is 2.03. The van der Waals surface area contributed by atoms with Crippen LogP contribution in [0.3, 0.4) is 0 Å². The van der Waals surface area contributed by atoms with E-state index in [9.17, 15) is 24.9 Å². The third-order valence-electron chi connectivity index (χ3n) is 6.22. The highest BCUT2D eigenvalue weighted by atomic mass is 16.3. The maximum absolute atomic E-state index is 13.2. The van der Waals surface area contributed by atoms with Crippen molar-refractivity contribution in [3.05, 3.63) is 58.9 Å². The summed E-state index contributed by atoms with van der Waals surface area (Å²) in [7, 11) is 0. The van der Waals surface area contributed by atoms with E-state index in [1.54, 1.807) is 24.3 Å². The average molecular weight is 440 g/mol. The van der Waals surface area contributed by atoms with Gasteiger partial charge < -0.3 is 20.2 Å². The van der Waals surface area contributed by atoms with Crippen LogP contribution in [0.15, 0.2) is 53.3 Å². The summed E-state index contributed by atoms with van der Waals surface area (Å²) in [6, 6.07) is 4.89. The van der Waals surface area contributed by atoms with Gasteiger partial charge in [0.25, 0.3) is 0 Å². The number of anilines is 1. The lowest BCUT2D eigenvalue weighted by molar-refractivity contribution is -0.519. The number of allylic oxidation sites excluding steroid dienone is 3. The lowest BCUT2D eigenvalue weighted by atomic mass is 9.92. The lowest BCUT2D eigenvalue weighted by Crippen LogP contribution is -2.23. The van der Waals surface area contributed by atoms with Gasteiger partial charge in [0.05, 0.1) is 17.6 Å². The van der Waals surface area contributed by atoms with E-state index >= 15 is 0 Å². The Kier molecular flexibility index (Phi) is 6.99. The summed E-state index contributed by atoms with van der Waals surface area (Å²) in [5, 5.41) is 31.8. The number of nitrogens with zero attached hydrogens (tertiary/aromatic N) is 2. The van der Waals surface area contributed by atoms with Gasteiger partial charge in [0.2, 0.25) is 5.71 Å². The second-order valence-electron chi connectivity index (χ2n) is 7.82. The highest BCUT2D eigenvalue weighted by Gasteiger charge is 2.48. The zero-order valence-electron chi connectivity index (χ0n) is 19.0. The fraction of sp³-hybridized carbons (Fsp3) is 0.400. The van der Waals surface area contributed by atoms with Crippen LogP contribution in [0.1, 0.15) is 39.2 Å². The molecule has 0 saturated heterocycles. The molecule has 1 fully saturated rings. The molecule has 7 nitrogen and oxygen atoms in total. The quantitative estimate of drug-likeness (QED) is 0.358. The SMILES string of the molecule is CCN(CC)c1ccc(C2C(=O)C(=C3C=CC(=[N+](CC)CC)C=C3O)C(=O)C2O)c(O)c1. The third-order valence-corrected chi connectivity index (χ3v) is 6.22. The van der Waals surface area contributed by atoms with Gasteiger partial charge in [0.15, 0.2) is 11.6 Å². The molecule has 170 valence electrons. The van der Waals surface area contributed by atoms with Crippen LogP contribution >= 0.6 is 0 Å². The number of rotatable bonds is 6. The predicted octanol–water partition coefficient (Wildman–Crippen LogP) is 2.64. The Bertz CT molecular complexity index is 1050. The topological polar surface area (TPSA) is 101 Å². The minimum atomic E-state index is -1.62. The molecule has 0 spiro atoms. The molecule has 3 N–H and O–H groups in total. The summed E-state index contributed by atoms with van der Waals surface area (Å²) >= 11 is 0. The van der Waals surface area contributed by atoms with Crippen LogP contribution < -0.4 is 4.90 Å². The van der Waals surface area contributed by atoms with Crippen LogP contribution in [0.4, 0.5) is 5.69 Å². The molecule has 1 aromatic rings. The van der Waals surface area contributed by atoms with Crippen molar-refractivity contribution in [2.45, 2.75) is 39.7 Å². The maximum Gasteiger partial charge on any atom is 0.203 e. The fourth-order valence-electron chi connectivity index (χ4n) is 4.39. The molecule has 2 atom stereocenters. The van der Waals surface area contributed by atoms with Crippen LogP contribution in [-0.4, -0.2) is 69.5 Å². The zero-order valence-corrected chi connectivity index (χ0v) is 19.0. The van der Waals surface area contributed by atoms with Gasteiger partial charge in [-0.25, -0.2) is 4.58 Å². The summed E-state index contributed by atoms with van der Waals surface area (Å²) in [6.45, 7) is 11.0. The number of phenolic OH excluding ortho intramolecular Hbond substituents is 1. The van der Waals surface area contributed by atoms with Crippen molar-refractivity contribution in [3.63, 3.8) is 0 Å². The second-order valence-corrected chi connectivity index (χ2v) is 7.82. The van der Waals surface area contributed by atoms with Crippen LogP contribution in [0.2, 0.25) is 0 Å². The van der Waals surface area contributed by atoms with Crippen LogP contribution in [0.5, 0.6) is 5.75 Å². The van der Waals surface area contributed by atoms with E-state index in [2.05, 4.69) is 0 Å². The number of carbonyl (C=O) groups is 2. The molecule has 0 heterocycles. The average Bonchev–Trinajstić information content (AvgIpc) is 2.99. The molecule has 1 saturated carbocycles. The Hall–Kier alpha value is -3.19. The monoisotopic (exact) mass is 439 g/mol. The molecule has 1 aromatic carbocycles. The van der Waals surface area contributed by atoms with E-state index in [4.69, 9.17) is 0 Å². The summed E-state index contributed by atoms with van der Waals surface area (Å²) in [5.74, 6) is -2.93. The molecular weight excluding hydrogens is 408 g/mol. The van der Waals surface area contributed by atoms with Crippen LogP contribution in [0, 0.1) is 0 Å². The molecule has 7 heteroatoms. The van der Waals surface area contributed by atoms with Crippen molar-refractivity contribution >= 4 is 23.0 Å². The number of Topliss-reactive ketones (excluding diaryl/α,β-unsaturated/α-hetero) is 2. The number of carbonyl (C=O) groups excluding carboxylic acids is 2. The van der Waals surface area contributed by atoms with E-state index in [1.165, 1.54) is 12.2 Å². The highest BCUT2D eigenvalue weighted by molar-refractivity contribution is 6.31. The summed E-state index contributed by atoms with van der Waals surface area (Å²) in [5.41, 5.74) is 1.61. The maximum atomic E-state index is 13.2. The first-order valence-corrected chi connectivity index (χ1v) is 11.1.